The maximum atomic E-state index is 11.8. The van der Waals surface area contributed by atoms with Gasteiger partial charge in [0.15, 0.2) is 0 Å². The van der Waals surface area contributed by atoms with E-state index in [2.05, 4.69) is 5.32 Å². The number of anilines is 1. The number of halogens is 1. The van der Waals surface area contributed by atoms with Crippen LogP contribution in [0.5, 0.6) is 0 Å². The molecule has 0 atom stereocenters. The molecule has 1 aliphatic carbocycles. The second-order valence-corrected chi connectivity index (χ2v) is 5.54. The van der Waals surface area contributed by atoms with Crippen LogP contribution < -0.4 is 5.32 Å². The van der Waals surface area contributed by atoms with Crippen LogP contribution in [0.4, 0.5) is 5.69 Å². The third-order valence-corrected chi connectivity index (χ3v) is 3.85. The summed E-state index contributed by atoms with van der Waals surface area (Å²) in [6.45, 7) is 0. The Bertz CT molecular complexity index is 399. The number of nitrogens with one attached hydrogen (secondary N) is 1. The lowest BCUT2D eigenvalue weighted by Gasteiger charge is -2.20. The van der Waals surface area contributed by atoms with E-state index < -0.39 is 0 Å². The molecule has 0 radical (unpaired) electrons. The Morgan fingerprint density at radius 3 is 2.78 bits per heavy atom. The molecular weight excluding hydrogens is 246 g/mol. The van der Waals surface area contributed by atoms with E-state index >= 15 is 0 Å². The van der Waals surface area contributed by atoms with Crippen molar-refractivity contribution in [2.24, 2.45) is 5.92 Å². The Labute approximate surface area is 114 Å². The van der Waals surface area contributed by atoms with Gasteiger partial charge >= 0.3 is 0 Å². The lowest BCUT2D eigenvalue weighted by molar-refractivity contribution is -0.116. The minimum atomic E-state index is 0.0999. The van der Waals surface area contributed by atoms with E-state index in [9.17, 15) is 4.79 Å². The zero-order valence-corrected chi connectivity index (χ0v) is 11.4. The maximum Gasteiger partial charge on any atom is 0.224 e. The highest BCUT2D eigenvalue weighted by Gasteiger charge is 2.14. The topological polar surface area (TPSA) is 29.1 Å². The van der Waals surface area contributed by atoms with Gasteiger partial charge in [-0.1, -0.05) is 49.8 Å². The first-order valence-corrected chi connectivity index (χ1v) is 7.17. The van der Waals surface area contributed by atoms with Gasteiger partial charge in [-0.2, -0.15) is 0 Å². The van der Waals surface area contributed by atoms with Gasteiger partial charge in [0.25, 0.3) is 0 Å². The Kier molecular flexibility index (Phi) is 5.06. The molecule has 0 aromatic heterocycles. The molecular formula is C15H20ClNO. The van der Waals surface area contributed by atoms with Gasteiger partial charge in [0.05, 0.1) is 0 Å². The molecule has 0 heterocycles. The van der Waals surface area contributed by atoms with E-state index in [1.165, 1.54) is 32.1 Å². The van der Waals surface area contributed by atoms with Gasteiger partial charge < -0.3 is 5.32 Å². The highest BCUT2D eigenvalue weighted by Crippen LogP contribution is 2.27. The number of hydrogen-bond donors (Lipinski definition) is 1. The minimum absolute atomic E-state index is 0.0999. The first-order valence-electron chi connectivity index (χ1n) is 6.79. The normalized spacial score (nSPS) is 16.5. The molecule has 1 fully saturated rings. The van der Waals surface area contributed by atoms with Crippen LogP contribution in [0.1, 0.15) is 44.9 Å². The summed E-state index contributed by atoms with van der Waals surface area (Å²) >= 11 is 5.88. The second kappa shape index (κ2) is 6.79. The number of carbonyl (C=O) groups excluding carboxylic acids is 1. The monoisotopic (exact) mass is 265 g/mol. The molecule has 1 aliphatic rings. The molecule has 2 rings (SSSR count). The zero-order chi connectivity index (χ0) is 12.8. The molecule has 0 bridgehead atoms. The summed E-state index contributed by atoms with van der Waals surface area (Å²) < 4.78 is 0. The first kappa shape index (κ1) is 13.4. The summed E-state index contributed by atoms with van der Waals surface area (Å²) in [5.74, 6) is 0.853. The standard InChI is InChI=1S/C15H20ClNO/c16-13-7-4-8-14(11-13)17-15(18)10-9-12-5-2-1-3-6-12/h4,7-8,11-12H,1-3,5-6,9-10H2,(H,17,18). The molecule has 0 unspecified atom stereocenters. The SMILES string of the molecule is O=C(CCC1CCCCC1)Nc1cccc(Cl)c1. The van der Waals surface area contributed by atoms with E-state index in [-0.39, 0.29) is 5.91 Å². The first-order chi connectivity index (χ1) is 8.74. The summed E-state index contributed by atoms with van der Waals surface area (Å²) in [6.07, 6.45) is 8.27. The molecule has 1 aromatic rings. The zero-order valence-electron chi connectivity index (χ0n) is 10.6. The number of rotatable bonds is 4. The van der Waals surface area contributed by atoms with Crippen LogP contribution in [0.15, 0.2) is 24.3 Å². The molecule has 1 aromatic carbocycles. The van der Waals surface area contributed by atoms with Crippen LogP contribution in [0.2, 0.25) is 5.02 Å². The van der Waals surface area contributed by atoms with Crippen molar-refractivity contribution >= 4 is 23.2 Å². The molecule has 0 spiro atoms. The summed E-state index contributed by atoms with van der Waals surface area (Å²) in [5, 5.41) is 3.55. The molecule has 18 heavy (non-hydrogen) atoms. The summed E-state index contributed by atoms with van der Waals surface area (Å²) in [5.41, 5.74) is 0.788. The molecule has 3 heteroatoms. The lowest BCUT2D eigenvalue weighted by Crippen LogP contribution is -2.14. The van der Waals surface area contributed by atoms with E-state index in [1.54, 1.807) is 12.1 Å². The van der Waals surface area contributed by atoms with Crippen molar-refractivity contribution in [3.8, 4) is 0 Å². The third-order valence-electron chi connectivity index (χ3n) is 3.61. The molecule has 0 aliphatic heterocycles. The lowest BCUT2D eigenvalue weighted by atomic mass is 9.86. The van der Waals surface area contributed by atoms with Gasteiger partial charge in [0, 0.05) is 17.1 Å². The van der Waals surface area contributed by atoms with Gasteiger partial charge in [0.1, 0.15) is 0 Å². The Morgan fingerprint density at radius 1 is 1.28 bits per heavy atom. The Balaban J connectivity index is 1.74. The maximum absolute atomic E-state index is 11.8. The van der Waals surface area contributed by atoms with Crippen LogP contribution in [-0.2, 0) is 4.79 Å². The van der Waals surface area contributed by atoms with Crippen molar-refractivity contribution in [2.75, 3.05) is 5.32 Å². The second-order valence-electron chi connectivity index (χ2n) is 5.10. The molecule has 1 N–H and O–H groups in total. The van der Waals surface area contributed by atoms with Crippen LogP contribution in [-0.4, -0.2) is 5.91 Å². The number of benzene rings is 1. The number of amides is 1. The van der Waals surface area contributed by atoms with Crippen molar-refractivity contribution in [1.29, 1.82) is 0 Å². The summed E-state index contributed by atoms with van der Waals surface area (Å²) in [7, 11) is 0. The van der Waals surface area contributed by atoms with Crippen molar-refractivity contribution in [2.45, 2.75) is 44.9 Å². The van der Waals surface area contributed by atoms with Crippen LogP contribution in [0, 0.1) is 5.92 Å². The third kappa shape index (κ3) is 4.34. The highest BCUT2D eigenvalue weighted by atomic mass is 35.5. The summed E-state index contributed by atoms with van der Waals surface area (Å²) in [6, 6.07) is 7.29. The quantitative estimate of drug-likeness (QED) is 0.844. The van der Waals surface area contributed by atoms with E-state index in [4.69, 9.17) is 11.6 Å². The fourth-order valence-corrected chi connectivity index (χ4v) is 2.79. The van der Waals surface area contributed by atoms with Crippen LogP contribution in [0.25, 0.3) is 0 Å². The highest BCUT2D eigenvalue weighted by molar-refractivity contribution is 6.30. The fourth-order valence-electron chi connectivity index (χ4n) is 2.60. The summed E-state index contributed by atoms with van der Waals surface area (Å²) in [4.78, 5) is 11.8. The average molecular weight is 266 g/mol. The van der Waals surface area contributed by atoms with Gasteiger partial charge in [-0.15, -0.1) is 0 Å². The van der Waals surface area contributed by atoms with Crippen molar-refractivity contribution in [1.82, 2.24) is 0 Å². The van der Waals surface area contributed by atoms with Crippen molar-refractivity contribution < 1.29 is 4.79 Å². The number of hydrogen-bond acceptors (Lipinski definition) is 1. The smallest absolute Gasteiger partial charge is 0.224 e. The van der Waals surface area contributed by atoms with Gasteiger partial charge in [-0.3, -0.25) is 4.79 Å². The molecule has 2 nitrogen and oxygen atoms in total. The van der Waals surface area contributed by atoms with Gasteiger partial charge in [0.2, 0.25) is 5.91 Å². The number of carbonyl (C=O) groups is 1. The molecule has 98 valence electrons. The van der Waals surface area contributed by atoms with Crippen molar-refractivity contribution in [3.05, 3.63) is 29.3 Å². The molecule has 1 saturated carbocycles. The van der Waals surface area contributed by atoms with E-state index in [0.717, 1.165) is 18.0 Å². The van der Waals surface area contributed by atoms with Crippen molar-refractivity contribution in [3.63, 3.8) is 0 Å². The largest absolute Gasteiger partial charge is 0.326 e. The molecule has 1 amide bonds. The average Bonchev–Trinajstić information content (AvgIpc) is 2.38. The fraction of sp³-hybridized carbons (Fsp3) is 0.533. The molecule has 0 saturated heterocycles. The Morgan fingerprint density at radius 2 is 2.06 bits per heavy atom. The van der Waals surface area contributed by atoms with Crippen LogP contribution >= 0.6 is 11.6 Å². The van der Waals surface area contributed by atoms with E-state index in [0.29, 0.717) is 11.4 Å². The van der Waals surface area contributed by atoms with E-state index in [1.807, 2.05) is 12.1 Å². The van der Waals surface area contributed by atoms with Crippen LogP contribution in [0.3, 0.4) is 0 Å². The van der Waals surface area contributed by atoms with Gasteiger partial charge in [-0.05, 0) is 30.5 Å². The predicted octanol–water partition coefficient (Wildman–Crippen LogP) is 4.64. The Hall–Kier alpha value is -1.02. The predicted molar refractivity (Wildman–Crippen MR) is 75.9 cm³/mol. The van der Waals surface area contributed by atoms with Gasteiger partial charge in [-0.25, -0.2) is 0 Å². The minimum Gasteiger partial charge on any atom is -0.326 e.